The summed E-state index contributed by atoms with van der Waals surface area (Å²) >= 11 is 1.61. The Bertz CT molecular complexity index is 517. The molecule has 1 N–H and O–H groups in total. The number of benzene rings is 1. The van der Waals surface area contributed by atoms with Crippen molar-refractivity contribution in [2.45, 2.75) is 0 Å². The average molecular weight is 263 g/mol. The molecule has 1 aliphatic heterocycles. The van der Waals surface area contributed by atoms with Crippen LogP contribution in [-0.2, 0) is 0 Å². The van der Waals surface area contributed by atoms with E-state index < -0.39 is 0 Å². The summed E-state index contributed by atoms with van der Waals surface area (Å²) in [6, 6.07) is 6.49. The number of hydrogen-bond acceptors (Lipinski definition) is 4. The molecule has 2 heterocycles. The normalized spacial score (nSPS) is 15.9. The molecule has 1 fully saturated rings. The number of halogens is 1. The fourth-order valence-electron chi connectivity index (χ4n) is 2.03. The van der Waals surface area contributed by atoms with Crippen LogP contribution in [0.3, 0.4) is 0 Å². The van der Waals surface area contributed by atoms with E-state index in [1.54, 1.807) is 23.5 Å². The first-order chi connectivity index (χ1) is 8.83. The first kappa shape index (κ1) is 11.6. The van der Waals surface area contributed by atoms with Crippen LogP contribution in [0.15, 0.2) is 29.6 Å². The minimum Gasteiger partial charge on any atom is -0.353 e. The van der Waals surface area contributed by atoms with Gasteiger partial charge in [-0.15, -0.1) is 11.3 Å². The van der Waals surface area contributed by atoms with Crippen molar-refractivity contribution in [1.82, 2.24) is 10.3 Å². The van der Waals surface area contributed by atoms with E-state index in [2.05, 4.69) is 20.6 Å². The van der Waals surface area contributed by atoms with Crippen LogP contribution in [0.2, 0.25) is 0 Å². The number of hydrogen-bond donors (Lipinski definition) is 1. The molecule has 3 rings (SSSR count). The average Bonchev–Trinajstić information content (AvgIpc) is 2.90. The van der Waals surface area contributed by atoms with Crippen molar-refractivity contribution in [1.29, 1.82) is 0 Å². The van der Waals surface area contributed by atoms with Gasteiger partial charge in [-0.05, 0) is 24.3 Å². The highest BCUT2D eigenvalue weighted by molar-refractivity contribution is 7.13. The highest BCUT2D eigenvalue weighted by Crippen LogP contribution is 2.27. The van der Waals surface area contributed by atoms with Crippen LogP contribution in [0.4, 0.5) is 10.2 Å². The van der Waals surface area contributed by atoms with Crippen LogP contribution >= 0.6 is 11.3 Å². The lowest BCUT2D eigenvalue weighted by molar-refractivity contribution is 0.586. The third-order valence-corrected chi connectivity index (χ3v) is 3.90. The van der Waals surface area contributed by atoms with E-state index in [0.29, 0.717) is 0 Å². The van der Waals surface area contributed by atoms with Gasteiger partial charge in [-0.3, -0.25) is 0 Å². The molecule has 5 heteroatoms. The van der Waals surface area contributed by atoms with Gasteiger partial charge in [0.05, 0.1) is 0 Å². The number of nitrogens with one attached hydrogen (secondary N) is 1. The SMILES string of the molecule is Fc1ccc(-c2nc(N3CCNCC3)cs2)cc1. The van der Waals surface area contributed by atoms with Crippen LogP contribution < -0.4 is 10.2 Å². The Morgan fingerprint density at radius 3 is 2.61 bits per heavy atom. The van der Waals surface area contributed by atoms with Crippen molar-refractivity contribution in [3.05, 3.63) is 35.5 Å². The van der Waals surface area contributed by atoms with Gasteiger partial charge in [-0.1, -0.05) is 0 Å². The van der Waals surface area contributed by atoms with Gasteiger partial charge in [0.2, 0.25) is 0 Å². The molecular formula is C13H14FN3S. The lowest BCUT2D eigenvalue weighted by Gasteiger charge is -2.27. The Kier molecular flexibility index (Phi) is 3.25. The quantitative estimate of drug-likeness (QED) is 0.901. The van der Waals surface area contributed by atoms with Gasteiger partial charge in [-0.25, -0.2) is 9.37 Å². The highest BCUT2D eigenvalue weighted by Gasteiger charge is 2.14. The molecule has 3 nitrogen and oxygen atoms in total. The third kappa shape index (κ3) is 2.37. The zero-order valence-electron chi connectivity index (χ0n) is 9.90. The lowest BCUT2D eigenvalue weighted by Crippen LogP contribution is -2.43. The van der Waals surface area contributed by atoms with Crippen LogP contribution in [-0.4, -0.2) is 31.2 Å². The maximum atomic E-state index is 12.9. The summed E-state index contributed by atoms with van der Waals surface area (Å²) in [7, 11) is 0. The summed E-state index contributed by atoms with van der Waals surface area (Å²) in [5, 5.41) is 6.34. The molecule has 0 amide bonds. The molecule has 0 unspecified atom stereocenters. The van der Waals surface area contributed by atoms with Crippen molar-refractivity contribution in [2.75, 3.05) is 31.1 Å². The summed E-state index contributed by atoms with van der Waals surface area (Å²) in [6.45, 7) is 3.99. The first-order valence-electron chi connectivity index (χ1n) is 6.00. The smallest absolute Gasteiger partial charge is 0.140 e. The van der Waals surface area contributed by atoms with Gasteiger partial charge in [0.15, 0.2) is 0 Å². The molecule has 1 aromatic carbocycles. The van der Waals surface area contributed by atoms with E-state index in [0.717, 1.165) is 42.6 Å². The summed E-state index contributed by atoms with van der Waals surface area (Å²) in [5.74, 6) is 0.818. The zero-order chi connectivity index (χ0) is 12.4. The number of nitrogens with zero attached hydrogens (tertiary/aromatic N) is 2. The molecular weight excluding hydrogens is 249 g/mol. The number of aromatic nitrogens is 1. The molecule has 1 aliphatic rings. The molecule has 0 spiro atoms. The molecule has 0 radical (unpaired) electrons. The van der Waals surface area contributed by atoms with E-state index >= 15 is 0 Å². The summed E-state index contributed by atoms with van der Waals surface area (Å²) in [5.41, 5.74) is 0.975. The van der Waals surface area contributed by atoms with Crippen LogP contribution in [0.1, 0.15) is 0 Å². The predicted molar refractivity (Wildman–Crippen MR) is 72.6 cm³/mol. The Balaban J connectivity index is 1.82. The maximum Gasteiger partial charge on any atom is 0.140 e. The van der Waals surface area contributed by atoms with Crippen molar-refractivity contribution < 1.29 is 4.39 Å². The molecule has 0 saturated carbocycles. The van der Waals surface area contributed by atoms with Crippen LogP contribution in [0.25, 0.3) is 10.6 Å². The number of piperazine rings is 1. The van der Waals surface area contributed by atoms with Gasteiger partial charge >= 0.3 is 0 Å². The van der Waals surface area contributed by atoms with E-state index in [9.17, 15) is 4.39 Å². The molecule has 1 saturated heterocycles. The van der Waals surface area contributed by atoms with E-state index in [1.807, 2.05) is 0 Å². The number of thiazole rings is 1. The highest BCUT2D eigenvalue weighted by atomic mass is 32.1. The van der Waals surface area contributed by atoms with E-state index in [1.165, 1.54) is 12.1 Å². The molecule has 0 aliphatic carbocycles. The third-order valence-electron chi connectivity index (χ3n) is 3.02. The van der Waals surface area contributed by atoms with Gasteiger partial charge < -0.3 is 10.2 Å². The standard InChI is InChI=1S/C13H14FN3S/c14-11-3-1-10(2-4-11)13-16-12(9-18-13)17-7-5-15-6-8-17/h1-4,9,15H,5-8H2. The Morgan fingerprint density at radius 1 is 1.17 bits per heavy atom. The molecule has 0 atom stereocenters. The summed E-state index contributed by atoms with van der Waals surface area (Å²) < 4.78 is 12.9. The second-order valence-corrected chi connectivity index (χ2v) is 5.11. The Labute approximate surface area is 109 Å². The minimum atomic E-state index is -0.211. The lowest BCUT2D eigenvalue weighted by atomic mass is 10.2. The molecule has 0 bridgehead atoms. The van der Waals surface area contributed by atoms with Crippen molar-refractivity contribution in [2.24, 2.45) is 0 Å². The van der Waals surface area contributed by atoms with Gasteiger partial charge in [0.25, 0.3) is 0 Å². The predicted octanol–water partition coefficient (Wildman–Crippen LogP) is 2.36. The summed E-state index contributed by atoms with van der Waals surface area (Å²) in [6.07, 6.45) is 0. The second-order valence-electron chi connectivity index (χ2n) is 4.25. The molecule has 18 heavy (non-hydrogen) atoms. The van der Waals surface area contributed by atoms with Gasteiger partial charge in [0.1, 0.15) is 16.6 Å². The first-order valence-corrected chi connectivity index (χ1v) is 6.88. The topological polar surface area (TPSA) is 28.2 Å². The monoisotopic (exact) mass is 263 g/mol. The van der Waals surface area contributed by atoms with Gasteiger partial charge in [-0.2, -0.15) is 0 Å². The Hall–Kier alpha value is -1.46. The maximum absolute atomic E-state index is 12.9. The molecule has 2 aromatic rings. The van der Waals surface area contributed by atoms with Crippen molar-refractivity contribution in [3.63, 3.8) is 0 Å². The van der Waals surface area contributed by atoms with Crippen molar-refractivity contribution >= 4 is 17.2 Å². The van der Waals surface area contributed by atoms with Crippen molar-refractivity contribution in [3.8, 4) is 10.6 Å². The minimum absolute atomic E-state index is 0.211. The fourth-order valence-corrected chi connectivity index (χ4v) is 2.87. The number of anilines is 1. The van der Waals surface area contributed by atoms with Crippen LogP contribution in [0, 0.1) is 5.82 Å². The van der Waals surface area contributed by atoms with E-state index in [4.69, 9.17) is 0 Å². The Morgan fingerprint density at radius 2 is 1.89 bits per heavy atom. The van der Waals surface area contributed by atoms with Gasteiger partial charge in [0, 0.05) is 37.1 Å². The van der Waals surface area contributed by atoms with E-state index in [-0.39, 0.29) is 5.82 Å². The largest absolute Gasteiger partial charge is 0.353 e. The number of rotatable bonds is 2. The fraction of sp³-hybridized carbons (Fsp3) is 0.308. The van der Waals surface area contributed by atoms with Crippen LogP contribution in [0.5, 0.6) is 0 Å². The zero-order valence-corrected chi connectivity index (χ0v) is 10.7. The second kappa shape index (κ2) is 5.04. The molecule has 94 valence electrons. The summed E-state index contributed by atoms with van der Waals surface area (Å²) in [4.78, 5) is 6.91. The molecule has 1 aromatic heterocycles.